The first-order valence-electron chi connectivity index (χ1n) is 6.66. The van der Waals surface area contributed by atoms with E-state index >= 15 is 0 Å². The first kappa shape index (κ1) is 17.2. The van der Waals surface area contributed by atoms with Gasteiger partial charge in [0.15, 0.2) is 4.77 Å². The van der Waals surface area contributed by atoms with Crippen molar-refractivity contribution in [2.24, 2.45) is 7.05 Å². The molecule has 2 aromatic rings. The summed E-state index contributed by atoms with van der Waals surface area (Å²) < 4.78 is 42.2. The zero-order chi connectivity index (χ0) is 17.2. The third-order valence-corrected chi connectivity index (χ3v) is 3.55. The monoisotopic (exact) mass is 346 g/mol. The SMILES string of the molecule is Cn1c(=S)[nH]c2cc(C(=O)OCCCC(F)(F)F)ccc2c1=O. The summed E-state index contributed by atoms with van der Waals surface area (Å²) in [7, 11) is 1.52. The molecule has 9 heteroatoms. The van der Waals surface area contributed by atoms with Crippen molar-refractivity contribution < 1.29 is 22.7 Å². The Kier molecular flexibility index (Phi) is 4.88. The lowest BCUT2D eigenvalue weighted by Gasteiger charge is -2.08. The van der Waals surface area contributed by atoms with Gasteiger partial charge in [0.1, 0.15) is 0 Å². The van der Waals surface area contributed by atoms with E-state index in [1.54, 1.807) is 0 Å². The van der Waals surface area contributed by atoms with E-state index in [0.717, 1.165) is 0 Å². The van der Waals surface area contributed by atoms with Gasteiger partial charge in [-0.3, -0.25) is 9.36 Å². The number of halogens is 3. The zero-order valence-corrected chi connectivity index (χ0v) is 12.9. The van der Waals surface area contributed by atoms with Crippen LogP contribution in [-0.2, 0) is 11.8 Å². The van der Waals surface area contributed by atoms with Crippen molar-refractivity contribution in [3.8, 4) is 0 Å². The number of carbonyl (C=O) groups is 1. The number of aromatic amines is 1. The lowest BCUT2D eigenvalue weighted by atomic mass is 10.1. The van der Waals surface area contributed by atoms with Crippen molar-refractivity contribution in [3.05, 3.63) is 38.9 Å². The first-order valence-corrected chi connectivity index (χ1v) is 7.07. The first-order chi connectivity index (χ1) is 10.7. The molecule has 0 aliphatic carbocycles. The van der Waals surface area contributed by atoms with Crippen LogP contribution in [0.3, 0.4) is 0 Å². The van der Waals surface area contributed by atoms with E-state index < -0.39 is 18.6 Å². The minimum absolute atomic E-state index is 0.128. The van der Waals surface area contributed by atoms with Crippen LogP contribution in [0, 0.1) is 4.77 Å². The number of fused-ring (bicyclic) bond motifs is 1. The van der Waals surface area contributed by atoms with Crippen LogP contribution >= 0.6 is 12.2 Å². The van der Waals surface area contributed by atoms with Gasteiger partial charge in [-0.2, -0.15) is 13.2 Å². The van der Waals surface area contributed by atoms with Crippen LogP contribution in [0.2, 0.25) is 0 Å². The molecule has 1 aromatic heterocycles. The Hall–Kier alpha value is -2.16. The molecule has 5 nitrogen and oxygen atoms in total. The normalized spacial score (nSPS) is 11.7. The third kappa shape index (κ3) is 4.19. The summed E-state index contributed by atoms with van der Waals surface area (Å²) in [6, 6.07) is 4.21. The molecular weight excluding hydrogens is 333 g/mol. The number of aromatic nitrogens is 2. The Labute approximate surface area is 133 Å². The van der Waals surface area contributed by atoms with Crippen LogP contribution in [0.15, 0.2) is 23.0 Å². The maximum Gasteiger partial charge on any atom is 0.389 e. The zero-order valence-electron chi connectivity index (χ0n) is 12.1. The Balaban J connectivity index is 2.14. The topological polar surface area (TPSA) is 64.1 Å². The minimum Gasteiger partial charge on any atom is -0.462 e. The van der Waals surface area contributed by atoms with Gasteiger partial charge in [-0.15, -0.1) is 0 Å². The fourth-order valence-electron chi connectivity index (χ4n) is 1.95. The number of hydrogen-bond donors (Lipinski definition) is 1. The molecule has 0 aliphatic rings. The van der Waals surface area contributed by atoms with E-state index in [9.17, 15) is 22.8 Å². The highest BCUT2D eigenvalue weighted by molar-refractivity contribution is 7.71. The summed E-state index contributed by atoms with van der Waals surface area (Å²) in [4.78, 5) is 26.6. The molecular formula is C14H13F3N2O3S. The summed E-state index contributed by atoms with van der Waals surface area (Å²) in [5.41, 5.74) is 0.181. The van der Waals surface area contributed by atoms with E-state index in [2.05, 4.69) is 4.98 Å². The molecule has 0 aliphatic heterocycles. The predicted octanol–water partition coefficient (Wildman–Crippen LogP) is 3.10. The summed E-state index contributed by atoms with van der Waals surface area (Å²) in [6.07, 6.45) is -5.59. The number of rotatable bonds is 4. The summed E-state index contributed by atoms with van der Waals surface area (Å²) in [5.74, 6) is -0.755. The highest BCUT2D eigenvalue weighted by Crippen LogP contribution is 2.21. The molecule has 23 heavy (non-hydrogen) atoms. The maximum atomic E-state index is 12.0. The molecule has 2 rings (SSSR count). The number of nitrogens with zero attached hydrogens (tertiary/aromatic N) is 1. The molecule has 0 fully saturated rings. The fraction of sp³-hybridized carbons (Fsp3) is 0.357. The Morgan fingerprint density at radius 3 is 2.74 bits per heavy atom. The van der Waals surface area contributed by atoms with Gasteiger partial charge in [0.2, 0.25) is 0 Å². The van der Waals surface area contributed by atoms with Crippen molar-refractivity contribution in [2.75, 3.05) is 6.61 Å². The maximum absolute atomic E-state index is 12.0. The number of carbonyl (C=O) groups excluding carboxylic acids is 1. The van der Waals surface area contributed by atoms with E-state index in [-0.39, 0.29) is 28.9 Å². The van der Waals surface area contributed by atoms with Crippen LogP contribution < -0.4 is 5.56 Å². The van der Waals surface area contributed by atoms with Crippen LogP contribution in [-0.4, -0.2) is 28.3 Å². The van der Waals surface area contributed by atoms with E-state index in [1.165, 1.54) is 29.8 Å². The Morgan fingerprint density at radius 2 is 2.09 bits per heavy atom. The number of hydrogen-bond acceptors (Lipinski definition) is 4. The second kappa shape index (κ2) is 6.53. The second-order valence-electron chi connectivity index (χ2n) is 4.91. The van der Waals surface area contributed by atoms with Crippen molar-refractivity contribution >= 4 is 29.1 Å². The van der Waals surface area contributed by atoms with Gasteiger partial charge >= 0.3 is 12.1 Å². The van der Waals surface area contributed by atoms with Crippen LogP contribution in [0.25, 0.3) is 10.9 Å². The van der Waals surface area contributed by atoms with E-state index in [0.29, 0.717) is 10.9 Å². The fourth-order valence-corrected chi connectivity index (χ4v) is 2.15. The van der Waals surface area contributed by atoms with Gasteiger partial charge in [-0.1, -0.05) is 0 Å². The predicted molar refractivity (Wildman–Crippen MR) is 79.9 cm³/mol. The molecule has 1 N–H and O–H groups in total. The quantitative estimate of drug-likeness (QED) is 0.525. The van der Waals surface area contributed by atoms with Crippen molar-refractivity contribution in [2.45, 2.75) is 19.0 Å². The Bertz CT molecular complexity index is 855. The minimum atomic E-state index is -4.27. The van der Waals surface area contributed by atoms with E-state index in [4.69, 9.17) is 17.0 Å². The lowest BCUT2D eigenvalue weighted by molar-refractivity contribution is -0.137. The number of esters is 1. The Morgan fingerprint density at radius 1 is 1.39 bits per heavy atom. The molecule has 0 saturated carbocycles. The van der Waals surface area contributed by atoms with E-state index in [1.807, 2.05) is 0 Å². The highest BCUT2D eigenvalue weighted by atomic mass is 32.1. The molecule has 1 aromatic carbocycles. The van der Waals surface area contributed by atoms with Crippen molar-refractivity contribution in [1.29, 1.82) is 0 Å². The number of ether oxygens (including phenoxy) is 1. The largest absolute Gasteiger partial charge is 0.462 e. The molecule has 0 amide bonds. The molecule has 0 atom stereocenters. The van der Waals surface area contributed by atoms with Crippen LogP contribution in [0.4, 0.5) is 13.2 Å². The van der Waals surface area contributed by atoms with Gasteiger partial charge < -0.3 is 9.72 Å². The van der Waals surface area contributed by atoms with Crippen LogP contribution in [0.5, 0.6) is 0 Å². The molecule has 0 saturated heterocycles. The number of nitrogens with one attached hydrogen (secondary N) is 1. The standard InChI is InChI=1S/C14H13F3N2O3S/c1-19-11(20)9-4-3-8(7-10(9)18-13(19)23)12(21)22-6-2-5-14(15,16)17/h3-4,7H,2,5-6H2,1H3,(H,18,23). The molecule has 0 radical (unpaired) electrons. The van der Waals surface area contributed by atoms with Gasteiger partial charge in [-0.05, 0) is 36.8 Å². The summed E-state index contributed by atoms with van der Waals surface area (Å²) in [6.45, 7) is -0.330. The van der Waals surface area contributed by atoms with Crippen LogP contribution in [0.1, 0.15) is 23.2 Å². The summed E-state index contributed by atoms with van der Waals surface area (Å²) >= 11 is 4.98. The van der Waals surface area contributed by atoms with Gasteiger partial charge in [0.05, 0.1) is 23.1 Å². The van der Waals surface area contributed by atoms with Crippen molar-refractivity contribution in [1.82, 2.24) is 9.55 Å². The third-order valence-electron chi connectivity index (χ3n) is 3.17. The smallest absolute Gasteiger partial charge is 0.389 e. The second-order valence-corrected chi connectivity index (χ2v) is 5.30. The number of benzene rings is 1. The van der Waals surface area contributed by atoms with Crippen molar-refractivity contribution in [3.63, 3.8) is 0 Å². The molecule has 0 bridgehead atoms. The van der Waals surface area contributed by atoms with Gasteiger partial charge in [0.25, 0.3) is 5.56 Å². The molecule has 1 heterocycles. The lowest BCUT2D eigenvalue weighted by Crippen LogP contribution is -2.19. The van der Waals surface area contributed by atoms with Gasteiger partial charge in [0, 0.05) is 13.5 Å². The molecule has 0 unspecified atom stereocenters. The van der Waals surface area contributed by atoms with Gasteiger partial charge in [-0.25, -0.2) is 4.79 Å². The number of alkyl halides is 3. The summed E-state index contributed by atoms with van der Waals surface area (Å²) in [5, 5.41) is 0.342. The molecule has 124 valence electrons. The average molecular weight is 346 g/mol. The molecule has 0 spiro atoms. The average Bonchev–Trinajstić information content (AvgIpc) is 2.47. The number of H-pyrrole nitrogens is 1. The highest BCUT2D eigenvalue weighted by Gasteiger charge is 2.26.